The topological polar surface area (TPSA) is 57.4 Å². The molecule has 3 aromatic carbocycles. The molecule has 3 aromatic rings. The monoisotopic (exact) mass is 335 g/mol. The molecular weight excluding hydrogens is 314 g/mol. The Morgan fingerprint density at radius 1 is 0.880 bits per heavy atom. The first-order chi connectivity index (χ1) is 12.3. The van der Waals surface area contributed by atoms with E-state index < -0.39 is 0 Å². The molecule has 1 fully saturated rings. The minimum absolute atomic E-state index is 0.304. The molecule has 128 valence electrons. The van der Waals surface area contributed by atoms with E-state index in [-0.39, 0.29) is 0 Å². The van der Waals surface area contributed by atoms with Crippen LogP contribution in [0.1, 0.15) is 0 Å². The van der Waals surface area contributed by atoms with Crippen LogP contribution in [-0.4, -0.2) is 49.4 Å². The number of hydrogen-bond donors (Lipinski definition) is 1. The third-order valence-electron chi connectivity index (χ3n) is 4.67. The number of phenolic OH excluding ortho intramolecular Hbond substituents is 1. The average Bonchev–Trinajstić information content (AvgIpc) is 2.68. The number of nitrogens with zero attached hydrogens (tertiary/aromatic N) is 3. The van der Waals surface area contributed by atoms with E-state index in [0.29, 0.717) is 12.3 Å². The summed E-state index contributed by atoms with van der Waals surface area (Å²) in [5.41, 5.74) is 0.825. The van der Waals surface area contributed by atoms with Crippen LogP contribution < -0.4 is 0 Å². The fourth-order valence-electron chi connectivity index (χ4n) is 3.32. The number of phenols is 1. The molecule has 0 aromatic heterocycles. The maximum atomic E-state index is 10.6. The summed E-state index contributed by atoms with van der Waals surface area (Å²) in [6.07, 6.45) is 0. The number of aromatic hydroxyl groups is 1. The second-order valence-electron chi connectivity index (χ2n) is 6.21. The van der Waals surface area contributed by atoms with Crippen molar-refractivity contribution >= 4 is 27.2 Å². The lowest BCUT2D eigenvalue weighted by molar-refractivity contribution is 0.0393. The molecule has 0 bridgehead atoms. The molecule has 0 radical (unpaired) electrons. The minimum Gasteiger partial charge on any atom is -0.507 e. The van der Waals surface area contributed by atoms with E-state index in [4.69, 9.17) is 4.74 Å². The maximum Gasteiger partial charge on any atom is 0.131 e. The number of morpholine rings is 1. The summed E-state index contributed by atoms with van der Waals surface area (Å²) in [6, 6.07) is 15.6. The number of azo groups is 1. The lowest BCUT2D eigenvalue weighted by Crippen LogP contribution is -2.37. The van der Waals surface area contributed by atoms with Gasteiger partial charge in [0, 0.05) is 41.2 Å². The molecule has 0 aliphatic carbocycles. The van der Waals surface area contributed by atoms with Gasteiger partial charge in [-0.15, -0.1) is 0 Å². The Morgan fingerprint density at radius 2 is 1.44 bits per heavy atom. The van der Waals surface area contributed by atoms with Crippen LogP contribution in [0.25, 0.3) is 21.5 Å². The highest BCUT2D eigenvalue weighted by Crippen LogP contribution is 2.41. The van der Waals surface area contributed by atoms with Gasteiger partial charge in [0.25, 0.3) is 0 Å². The van der Waals surface area contributed by atoms with E-state index in [9.17, 15) is 5.11 Å². The van der Waals surface area contributed by atoms with Gasteiger partial charge in [0.2, 0.25) is 0 Å². The van der Waals surface area contributed by atoms with Gasteiger partial charge in [0.1, 0.15) is 11.4 Å². The highest BCUT2D eigenvalue weighted by Gasteiger charge is 2.13. The van der Waals surface area contributed by atoms with E-state index in [0.717, 1.165) is 60.1 Å². The molecule has 5 heteroatoms. The van der Waals surface area contributed by atoms with Gasteiger partial charge in [-0.25, -0.2) is 0 Å². The van der Waals surface area contributed by atoms with Crippen molar-refractivity contribution in [3.8, 4) is 5.75 Å². The van der Waals surface area contributed by atoms with Crippen molar-refractivity contribution in [1.29, 1.82) is 0 Å². The standard InChI is InChI=1S/C20H21N3O2/c24-20-17-7-3-1-5-15(17)19(16-6-2-4-8-18(16)20)22-21-9-10-23-11-13-25-14-12-23/h1-8,24H,9-14H2. The predicted octanol–water partition coefficient (Wildman–Crippen LogP) is 4.11. The van der Waals surface area contributed by atoms with E-state index in [2.05, 4.69) is 15.1 Å². The molecule has 1 saturated heterocycles. The Morgan fingerprint density at radius 3 is 2.04 bits per heavy atom. The van der Waals surface area contributed by atoms with Crippen molar-refractivity contribution in [3.05, 3.63) is 48.5 Å². The van der Waals surface area contributed by atoms with Crippen LogP contribution in [0.3, 0.4) is 0 Å². The van der Waals surface area contributed by atoms with E-state index in [1.807, 2.05) is 48.5 Å². The highest BCUT2D eigenvalue weighted by atomic mass is 16.5. The molecule has 1 aliphatic heterocycles. The molecule has 4 rings (SSSR count). The second-order valence-corrected chi connectivity index (χ2v) is 6.21. The Balaban J connectivity index is 1.67. The Bertz CT molecular complexity index is 860. The summed E-state index contributed by atoms with van der Waals surface area (Å²) in [4.78, 5) is 2.34. The number of rotatable bonds is 4. The Labute approximate surface area is 146 Å². The van der Waals surface area contributed by atoms with Gasteiger partial charge >= 0.3 is 0 Å². The summed E-state index contributed by atoms with van der Waals surface area (Å²) >= 11 is 0. The Hall–Kier alpha value is -2.50. The van der Waals surface area contributed by atoms with Crippen LogP contribution in [0.4, 0.5) is 5.69 Å². The van der Waals surface area contributed by atoms with Gasteiger partial charge in [-0.1, -0.05) is 48.5 Å². The van der Waals surface area contributed by atoms with Crippen LogP contribution >= 0.6 is 0 Å². The van der Waals surface area contributed by atoms with Crippen LogP contribution in [-0.2, 0) is 4.74 Å². The van der Waals surface area contributed by atoms with Crippen molar-refractivity contribution in [1.82, 2.24) is 4.90 Å². The van der Waals surface area contributed by atoms with Crippen molar-refractivity contribution in [3.63, 3.8) is 0 Å². The Kier molecular flexibility index (Phi) is 4.59. The lowest BCUT2D eigenvalue weighted by atomic mass is 10.00. The number of hydrogen-bond acceptors (Lipinski definition) is 5. The summed E-state index contributed by atoms with van der Waals surface area (Å²) in [5.74, 6) is 0.304. The van der Waals surface area contributed by atoms with Crippen LogP contribution in [0.15, 0.2) is 58.8 Å². The van der Waals surface area contributed by atoms with Crippen LogP contribution in [0, 0.1) is 0 Å². The number of ether oxygens (including phenoxy) is 1. The van der Waals surface area contributed by atoms with Crippen molar-refractivity contribution < 1.29 is 9.84 Å². The quantitative estimate of drug-likeness (QED) is 0.576. The normalized spacial score (nSPS) is 16.2. The van der Waals surface area contributed by atoms with Crippen molar-refractivity contribution in [2.24, 2.45) is 10.2 Å². The molecule has 5 nitrogen and oxygen atoms in total. The van der Waals surface area contributed by atoms with Crippen molar-refractivity contribution in [2.75, 3.05) is 39.4 Å². The molecule has 0 spiro atoms. The van der Waals surface area contributed by atoms with Crippen LogP contribution in [0.2, 0.25) is 0 Å². The zero-order chi connectivity index (χ0) is 17.1. The molecule has 1 aliphatic rings. The SMILES string of the molecule is Oc1c2ccccc2c(N=NCCN2CCOCC2)c2ccccc12. The first-order valence-corrected chi connectivity index (χ1v) is 8.64. The molecular formula is C20H21N3O2. The summed E-state index contributed by atoms with van der Waals surface area (Å²) < 4.78 is 5.36. The number of fused-ring (bicyclic) bond motifs is 2. The van der Waals surface area contributed by atoms with Crippen LogP contribution in [0.5, 0.6) is 5.75 Å². The molecule has 1 N–H and O–H groups in total. The molecule has 1 heterocycles. The first-order valence-electron chi connectivity index (χ1n) is 8.64. The fraction of sp³-hybridized carbons (Fsp3) is 0.300. The smallest absolute Gasteiger partial charge is 0.131 e. The van der Waals surface area contributed by atoms with E-state index in [1.165, 1.54) is 0 Å². The van der Waals surface area contributed by atoms with Gasteiger partial charge in [-0.05, 0) is 0 Å². The van der Waals surface area contributed by atoms with Gasteiger partial charge in [-0.3, -0.25) is 4.90 Å². The van der Waals surface area contributed by atoms with Gasteiger partial charge in [0.05, 0.1) is 19.8 Å². The van der Waals surface area contributed by atoms with Gasteiger partial charge < -0.3 is 9.84 Å². The summed E-state index contributed by atoms with van der Waals surface area (Å²) in [5, 5.41) is 23.0. The first kappa shape index (κ1) is 16.0. The van der Waals surface area contributed by atoms with Crippen molar-refractivity contribution in [2.45, 2.75) is 0 Å². The highest BCUT2D eigenvalue weighted by molar-refractivity contribution is 6.14. The van der Waals surface area contributed by atoms with E-state index >= 15 is 0 Å². The summed E-state index contributed by atoms with van der Waals surface area (Å²) in [7, 11) is 0. The molecule has 25 heavy (non-hydrogen) atoms. The lowest BCUT2D eigenvalue weighted by Gasteiger charge is -2.25. The number of benzene rings is 3. The van der Waals surface area contributed by atoms with Gasteiger partial charge in [0.15, 0.2) is 0 Å². The zero-order valence-electron chi connectivity index (χ0n) is 14.1. The second kappa shape index (κ2) is 7.17. The molecule has 0 unspecified atom stereocenters. The largest absolute Gasteiger partial charge is 0.507 e. The van der Waals surface area contributed by atoms with Gasteiger partial charge in [-0.2, -0.15) is 10.2 Å². The molecule has 0 saturated carbocycles. The average molecular weight is 335 g/mol. The third kappa shape index (κ3) is 3.21. The third-order valence-corrected chi connectivity index (χ3v) is 4.67. The fourth-order valence-corrected chi connectivity index (χ4v) is 3.32. The minimum atomic E-state index is 0.304. The van der Waals surface area contributed by atoms with E-state index in [1.54, 1.807) is 0 Å². The zero-order valence-corrected chi connectivity index (χ0v) is 14.1. The predicted molar refractivity (Wildman–Crippen MR) is 99.8 cm³/mol. The maximum absolute atomic E-state index is 10.6. The summed E-state index contributed by atoms with van der Waals surface area (Å²) in [6.45, 7) is 5.06. The molecule has 0 atom stereocenters. The molecule has 0 amide bonds.